The molecular weight excluding hydrogens is 292 g/mol. The van der Waals surface area contributed by atoms with Crippen molar-refractivity contribution in [2.45, 2.75) is 57.6 Å². The van der Waals surface area contributed by atoms with Crippen molar-refractivity contribution >= 4 is 5.91 Å². The van der Waals surface area contributed by atoms with Crippen molar-refractivity contribution in [3.8, 4) is 5.88 Å². The van der Waals surface area contributed by atoms with E-state index in [0.29, 0.717) is 17.7 Å². The standard InChI is InChI=1S/C18H26N2O3/c1-18(7-8-18)6-5-15(22)20-17(13-9-14(21)10-13)12-3-4-16(23-2)19-11-12/h3-4,11,13-14,17,21H,5-10H2,1-2H3,(H,20,22)/t13?,14?,17-/m1/s1. The molecule has 0 aromatic carbocycles. The number of aliphatic hydroxyl groups is 1. The summed E-state index contributed by atoms with van der Waals surface area (Å²) in [6.45, 7) is 2.24. The second-order valence-corrected chi connectivity index (χ2v) is 7.38. The van der Waals surface area contributed by atoms with Crippen LogP contribution in [0.4, 0.5) is 0 Å². The highest BCUT2D eigenvalue weighted by atomic mass is 16.5. The fraction of sp³-hybridized carbons (Fsp3) is 0.667. The minimum atomic E-state index is -0.240. The Hall–Kier alpha value is -1.62. The van der Waals surface area contributed by atoms with E-state index in [9.17, 15) is 9.90 Å². The normalized spacial score (nSPS) is 26.0. The van der Waals surface area contributed by atoms with Crippen LogP contribution in [-0.2, 0) is 4.79 Å². The van der Waals surface area contributed by atoms with E-state index in [1.807, 2.05) is 12.1 Å². The Kier molecular flexibility index (Phi) is 4.57. The Labute approximate surface area is 137 Å². The molecule has 5 heteroatoms. The minimum Gasteiger partial charge on any atom is -0.481 e. The van der Waals surface area contributed by atoms with Crippen LogP contribution in [0.15, 0.2) is 18.3 Å². The first kappa shape index (κ1) is 16.2. The van der Waals surface area contributed by atoms with E-state index in [2.05, 4.69) is 17.2 Å². The van der Waals surface area contributed by atoms with Crippen LogP contribution in [0.3, 0.4) is 0 Å². The van der Waals surface area contributed by atoms with Crippen molar-refractivity contribution < 1.29 is 14.6 Å². The summed E-state index contributed by atoms with van der Waals surface area (Å²) >= 11 is 0. The van der Waals surface area contributed by atoms with Gasteiger partial charge in [0.05, 0.1) is 19.3 Å². The van der Waals surface area contributed by atoms with Crippen molar-refractivity contribution in [2.24, 2.45) is 11.3 Å². The molecule has 1 atom stereocenters. The Bertz CT molecular complexity index is 548. The molecule has 23 heavy (non-hydrogen) atoms. The number of methoxy groups -OCH3 is 1. The van der Waals surface area contributed by atoms with Gasteiger partial charge in [-0.25, -0.2) is 4.98 Å². The maximum Gasteiger partial charge on any atom is 0.220 e. The largest absolute Gasteiger partial charge is 0.481 e. The number of ether oxygens (including phenoxy) is 1. The van der Waals surface area contributed by atoms with Crippen LogP contribution < -0.4 is 10.1 Å². The third-order valence-electron chi connectivity index (χ3n) is 5.32. The highest BCUT2D eigenvalue weighted by Gasteiger charge is 2.38. The molecule has 1 heterocycles. The lowest BCUT2D eigenvalue weighted by atomic mass is 9.75. The molecule has 1 aromatic rings. The summed E-state index contributed by atoms with van der Waals surface area (Å²) in [4.78, 5) is 16.6. The SMILES string of the molecule is COc1ccc([C@@H](NC(=O)CCC2(C)CC2)C2CC(O)C2)cn1. The molecule has 1 aromatic heterocycles. The quantitative estimate of drug-likeness (QED) is 0.810. The predicted octanol–water partition coefficient (Wildman–Crippen LogP) is 2.60. The number of hydrogen-bond acceptors (Lipinski definition) is 4. The van der Waals surface area contributed by atoms with Crippen molar-refractivity contribution in [3.63, 3.8) is 0 Å². The molecule has 0 unspecified atom stereocenters. The number of pyridine rings is 1. The van der Waals surface area contributed by atoms with Crippen LogP contribution in [0.1, 0.15) is 57.1 Å². The van der Waals surface area contributed by atoms with E-state index in [-0.39, 0.29) is 24.0 Å². The number of aliphatic hydroxyl groups excluding tert-OH is 1. The van der Waals surface area contributed by atoms with Gasteiger partial charge in [-0.3, -0.25) is 4.79 Å². The van der Waals surface area contributed by atoms with E-state index >= 15 is 0 Å². The Balaban J connectivity index is 1.63. The predicted molar refractivity (Wildman–Crippen MR) is 87.0 cm³/mol. The van der Waals surface area contributed by atoms with Gasteiger partial charge in [0.2, 0.25) is 11.8 Å². The lowest BCUT2D eigenvalue weighted by molar-refractivity contribution is -0.123. The lowest BCUT2D eigenvalue weighted by Gasteiger charge is -2.38. The van der Waals surface area contributed by atoms with Crippen molar-refractivity contribution in [1.82, 2.24) is 10.3 Å². The van der Waals surface area contributed by atoms with Gasteiger partial charge in [-0.05, 0) is 49.0 Å². The first-order valence-corrected chi connectivity index (χ1v) is 8.46. The zero-order valence-corrected chi connectivity index (χ0v) is 13.9. The number of aromatic nitrogens is 1. The van der Waals surface area contributed by atoms with E-state index in [1.54, 1.807) is 13.3 Å². The molecule has 0 spiro atoms. The molecule has 2 aliphatic carbocycles. The molecule has 1 amide bonds. The van der Waals surface area contributed by atoms with Crippen LogP contribution in [0.25, 0.3) is 0 Å². The summed E-state index contributed by atoms with van der Waals surface area (Å²) in [5, 5.41) is 12.8. The molecule has 2 saturated carbocycles. The molecule has 2 fully saturated rings. The van der Waals surface area contributed by atoms with Crippen molar-refractivity contribution in [3.05, 3.63) is 23.9 Å². The number of carbonyl (C=O) groups excluding carboxylic acids is 1. The number of carbonyl (C=O) groups is 1. The zero-order chi connectivity index (χ0) is 16.4. The van der Waals surface area contributed by atoms with E-state index in [0.717, 1.165) is 24.8 Å². The Morgan fingerprint density at radius 1 is 1.48 bits per heavy atom. The summed E-state index contributed by atoms with van der Waals surface area (Å²) in [5.74, 6) is 0.940. The highest BCUT2D eigenvalue weighted by molar-refractivity contribution is 5.76. The van der Waals surface area contributed by atoms with Crippen LogP contribution in [0.5, 0.6) is 5.88 Å². The third kappa shape index (κ3) is 4.02. The summed E-state index contributed by atoms with van der Waals surface area (Å²) in [6.07, 6.45) is 6.99. The molecule has 0 aliphatic heterocycles. The molecule has 5 nitrogen and oxygen atoms in total. The van der Waals surface area contributed by atoms with Crippen LogP contribution in [0, 0.1) is 11.3 Å². The van der Waals surface area contributed by atoms with Gasteiger partial charge in [-0.2, -0.15) is 0 Å². The summed E-state index contributed by atoms with van der Waals surface area (Å²) in [6, 6.07) is 3.69. The van der Waals surface area contributed by atoms with Crippen LogP contribution >= 0.6 is 0 Å². The number of hydrogen-bond donors (Lipinski definition) is 2. The molecule has 3 rings (SSSR count). The van der Waals surface area contributed by atoms with Gasteiger partial charge in [0.1, 0.15) is 0 Å². The van der Waals surface area contributed by atoms with Gasteiger partial charge in [0.25, 0.3) is 0 Å². The van der Waals surface area contributed by atoms with Crippen molar-refractivity contribution in [2.75, 3.05) is 7.11 Å². The molecule has 126 valence electrons. The molecule has 0 saturated heterocycles. The third-order valence-corrected chi connectivity index (χ3v) is 5.32. The van der Waals surface area contributed by atoms with Gasteiger partial charge in [0.15, 0.2) is 0 Å². The summed E-state index contributed by atoms with van der Waals surface area (Å²) in [7, 11) is 1.59. The topological polar surface area (TPSA) is 71.5 Å². The van der Waals surface area contributed by atoms with Crippen LogP contribution in [0.2, 0.25) is 0 Å². The first-order chi connectivity index (χ1) is 11.0. The maximum absolute atomic E-state index is 12.3. The minimum absolute atomic E-state index is 0.0729. The van der Waals surface area contributed by atoms with Gasteiger partial charge in [0, 0.05) is 18.7 Å². The smallest absolute Gasteiger partial charge is 0.220 e. The average Bonchev–Trinajstić information content (AvgIpc) is 3.26. The number of nitrogens with zero attached hydrogens (tertiary/aromatic N) is 1. The number of amides is 1. The summed E-state index contributed by atoms with van der Waals surface area (Å²) in [5.41, 5.74) is 1.37. The summed E-state index contributed by atoms with van der Waals surface area (Å²) < 4.78 is 5.09. The van der Waals surface area contributed by atoms with E-state index < -0.39 is 0 Å². The zero-order valence-electron chi connectivity index (χ0n) is 13.9. The fourth-order valence-corrected chi connectivity index (χ4v) is 3.20. The maximum atomic E-state index is 12.3. The first-order valence-electron chi connectivity index (χ1n) is 8.46. The molecule has 0 radical (unpaired) electrons. The van der Waals surface area contributed by atoms with Crippen LogP contribution in [-0.4, -0.2) is 29.2 Å². The van der Waals surface area contributed by atoms with Gasteiger partial charge in [-0.1, -0.05) is 13.0 Å². The number of nitrogens with one attached hydrogen (secondary N) is 1. The molecule has 2 aliphatic rings. The average molecular weight is 318 g/mol. The monoisotopic (exact) mass is 318 g/mol. The lowest BCUT2D eigenvalue weighted by Crippen LogP contribution is -2.41. The van der Waals surface area contributed by atoms with E-state index in [1.165, 1.54) is 12.8 Å². The Morgan fingerprint density at radius 2 is 2.22 bits per heavy atom. The number of rotatable bonds is 7. The molecular formula is C18H26N2O3. The van der Waals surface area contributed by atoms with Gasteiger partial charge in [-0.15, -0.1) is 0 Å². The molecule has 0 bridgehead atoms. The van der Waals surface area contributed by atoms with Crippen molar-refractivity contribution in [1.29, 1.82) is 0 Å². The van der Waals surface area contributed by atoms with Gasteiger partial charge < -0.3 is 15.2 Å². The van der Waals surface area contributed by atoms with E-state index in [4.69, 9.17) is 4.74 Å². The Morgan fingerprint density at radius 3 is 2.74 bits per heavy atom. The molecule has 2 N–H and O–H groups in total. The fourth-order valence-electron chi connectivity index (χ4n) is 3.20. The second-order valence-electron chi connectivity index (χ2n) is 7.38. The van der Waals surface area contributed by atoms with Gasteiger partial charge >= 0.3 is 0 Å². The second kappa shape index (κ2) is 6.48. The highest BCUT2D eigenvalue weighted by Crippen LogP contribution is 2.49.